The summed E-state index contributed by atoms with van der Waals surface area (Å²) in [6.45, 7) is 6.66. The van der Waals surface area contributed by atoms with Crippen molar-refractivity contribution >= 4 is 23.5 Å². The van der Waals surface area contributed by atoms with Gasteiger partial charge in [0, 0.05) is 30.9 Å². The molecule has 0 saturated heterocycles. The number of fused-ring (bicyclic) bond motifs is 1. The lowest BCUT2D eigenvalue weighted by Crippen LogP contribution is -2.42. The van der Waals surface area contributed by atoms with E-state index in [4.69, 9.17) is 15.2 Å². The summed E-state index contributed by atoms with van der Waals surface area (Å²) in [4.78, 5) is 39.1. The van der Waals surface area contributed by atoms with Crippen molar-refractivity contribution in [2.45, 2.75) is 65.0 Å². The van der Waals surface area contributed by atoms with E-state index in [0.717, 1.165) is 16.7 Å². The van der Waals surface area contributed by atoms with Gasteiger partial charge in [0.15, 0.2) is 0 Å². The Balaban J connectivity index is 1.50. The van der Waals surface area contributed by atoms with Crippen molar-refractivity contribution in [2.24, 2.45) is 5.73 Å². The first kappa shape index (κ1) is 29.6. The molecule has 9 nitrogen and oxygen atoms in total. The van der Waals surface area contributed by atoms with E-state index in [0.29, 0.717) is 42.1 Å². The molecule has 0 aromatic heterocycles. The van der Waals surface area contributed by atoms with E-state index >= 15 is 0 Å². The molecule has 0 aliphatic carbocycles. The first-order chi connectivity index (χ1) is 19.5. The minimum atomic E-state index is -1.05. The lowest BCUT2D eigenvalue weighted by Gasteiger charge is -2.24. The van der Waals surface area contributed by atoms with E-state index in [1.165, 1.54) is 0 Å². The highest BCUT2D eigenvalue weighted by molar-refractivity contribution is 5.91. The maximum atomic E-state index is 13.3. The van der Waals surface area contributed by atoms with E-state index in [9.17, 15) is 19.5 Å². The van der Waals surface area contributed by atoms with Gasteiger partial charge in [-0.15, -0.1) is 0 Å². The molecule has 1 aliphatic heterocycles. The molecule has 0 spiro atoms. The largest absolute Gasteiger partial charge is 0.489 e. The lowest BCUT2D eigenvalue weighted by atomic mass is 10.1. The maximum Gasteiger partial charge on any atom is 0.338 e. The van der Waals surface area contributed by atoms with Crippen LogP contribution in [0.4, 0.5) is 5.69 Å². The van der Waals surface area contributed by atoms with Gasteiger partial charge in [-0.1, -0.05) is 42.5 Å². The summed E-state index contributed by atoms with van der Waals surface area (Å²) in [7, 11) is 0. The Morgan fingerprint density at radius 3 is 2.49 bits per heavy atom. The summed E-state index contributed by atoms with van der Waals surface area (Å²) in [5.74, 6) is -1.17. The van der Waals surface area contributed by atoms with Gasteiger partial charge in [0.25, 0.3) is 0 Å². The number of carboxylic acid groups (broad SMARTS) is 1. The fourth-order valence-corrected chi connectivity index (χ4v) is 4.65. The Bertz CT molecular complexity index is 1400. The molecule has 1 aliphatic rings. The predicted molar refractivity (Wildman–Crippen MR) is 156 cm³/mol. The van der Waals surface area contributed by atoms with Crippen LogP contribution in [-0.2, 0) is 40.4 Å². The molecule has 41 heavy (non-hydrogen) atoms. The van der Waals surface area contributed by atoms with Crippen LogP contribution in [0.15, 0.2) is 66.7 Å². The van der Waals surface area contributed by atoms with Gasteiger partial charge in [-0.2, -0.15) is 0 Å². The lowest BCUT2D eigenvalue weighted by molar-refractivity contribution is -0.141. The van der Waals surface area contributed by atoms with Gasteiger partial charge in [-0.05, 0) is 68.1 Å². The maximum absolute atomic E-state index is 13.3. The summed E-state index contributed by atoms with van der Waals surface area (Å²) >= 11 is 0. The summed E-state index contributed by atoms with van der Waals surface area (Å²) in [6, 6.07) is 19.8. The fourth-order valence-electron chi connectivity index (χ4n) is 4.65. The summed E-state index contributed by atoms with van der Waals surface area (Å²) in [5.41, 5.74) is 9.93. The highest BCUT2D eigenvalue weighted by Gasteiger charge is 2.31. The van der Waals surface area contributed by atoms with E-state index in [1.807, 2.05) is 69.3 Å². The molecule has 1 unspecified atom stereocenters. The minimum Gasteiger partial charge on any atom is -0.489 e. The van der Waals surface area contributed by atoms with Gasteiger partial charge >= 0.3 is 11.9 Å². The molecule has 1 heterocycles. The van der Waals surface area contributed by atoms with Crippen LogP contribution >= 0.6 is 0 Å². The topological polar surface area (TPSA) is 131 Å². The van der Waals surface area contributed by atoms with Crippen LogP contribution in [0.2, 0.25) is 0 Å². The zero-order valence-corrected chi connectivity index (χ0v) is 23.7. The Morgan fingerprint density at radius 2 is 1.80 bits per heavy atom. The zero-order valence-electron chi connectivity index (χ0n) is 23.7. The smallest absolute Gasteiger partial charge is 0.338 e. The molecule has 3 aromatic rings. The molecular weight excluding hydrogens is 522 g/mol. The number of nitrogens with two attached hydrogens (primary N) is 1. The Morgan fingerprint density at radius 1 is 1.05 bits per heavy atom. The van der Waals surface area contributed by atoms with Crippen LogP contribution in [0.25, 0.3) is 0 Å². The van der Waals surface area contributed by atoms with Crippen LogP contribution in [0, 0.1) is 0 Å². The van der Waals surface area contributed by atoms with Gasteiger partial charge < -0.3 is 30.5 Å². The number of rotatable bonds is 10. The van der Waals surface area contributed by atoms with Gasteiger partial charge in [0.2, 0.25) is 5.91 Å². The number of nitrogens with zero attached hydrogens (tertiary/aromatic N) is 1. The first-order valence-electron chi connectivity index (χ1n) is 13.6. The Kier molecular flexibility index (Phi) is 9.29. The van der Waals surface area contributed by atoms with E-state index in [-0.39, 0.29) is 25.5 Å². The van der Waals surface area contributed by atoms with Crippen molar-refractivity contribution in [2.75, 3.05) is 11.9 Å². The number of esters is 1. The highest BCUT2D eigenvalue weighted by Crippen LogP contribution is 2.28. The van der Waals surface area contributed by atoms with Gasteiger partial charge in [0.05, 0.1) is 12.0 Å². The molecule has 3 aromatic carbocycles. The molecule has 1 amide bonds. The van der Waals surface area contributed by atoms with Gasteiger partial charge in [-0.3, -0.25) is 9.59 Å². The number of amides is 1. The quantitative estimate of drug-likeness (QED) is 0.309. The van der Waals surface area contributed by atoms with E-state index in [1.54, 1.807) is 23.1 Å². The molecule has 0 bridgehead atoms. The molecule has 4 N–H and O–H groups in total. The standard InChI is InChI=1S/C32H37N3O6/c1-32(2,3)41-31(39)23-11-12-28(25(16-23)18-33)40-20-22-9-10-24-19-35(14-13-21-7-5-4-6-8-21)30(38)27(17-29(36)37)34-26(24)15-22/h4-12,15-16,27,34H,13-14,17-20,33H2,1-3H3,(H,36,37). The number of hydrogen-bond acceptors (Lipinski definition) is 7. The number of ether oxygens (including phenoxy) is 2. The molecule has 0 fully saturated rings. The average Bonchev–Trinajstić information content (AvgIpc) is 3.05. The number of nitrogens with one attached hydrogen (secondary N) is 1. The number of hydrogen-bond donors (Lipinski definition) is 3. The SMILES string of the molecule is CC(C)(C)OC(=O)c1ccc(OCc2ccc3c(c2)NC(CC(=O)O)C(=O)N(CCc2ccccc2)C3)c(CN)c1. The number of anilines is 1. The molecule has 216 valence electrons. The Labute approximate surface area is 240 Å². The van der Waals surface area contributed by atoms with Crippen molar-refractivity contribution < 1.29 is 29.0 Å². The van der Waals surface area contributed by atoms with Crippen molar-refractivity contribution in [1.82, 2.24) is 4.90 Å². The zero-order chi connectivity index (χ0) is 29.6. The van der Waals surface area contributed by atoms with Crippen molar-refractivity contribution in [3.05, 3.63) is 94.5 Å². The number of carbonyl (C=O) groups excluding carboxylic acids is 2. The van der Waals surface area contributed by atoms with E-state index < -0.39 is 23.6 Å². The summed E-state index contributed by atoms with van der Waals surface area (Å²) < 4.78 is 11.5. The summed E-state index contributed by atoms with van der Waals surface area (Å²) in [5, 5.41) is 12.6. The molecular formula is C32H37N3O6. The number of carboxylic acids is 1. The van der Waals surface area contributed by atoms with Crippen LogP contribution in [0.5, 0.6) is 5.75 Å². The van der Waals surface area contributed by atoms with Crippen molar-refractivity contribution in [3.8, 4) is 5.75 Å². The van der Waals surface area contributed by atoms with Gasteiger partial charge in [-0.25, -0.2) is 4.79 Å². The number of aliphatic carboxylic acids is 1. The Hall–Kier alpha value is -4.37. The average molecular weight is 560 g/mol. The second-order valence-corrected chi connectivity index (χ2v) is 11.1. The molecule has 0 radical (unpaired) electrons. The third-order valence-electron chi connectivity index (χ3n) is 6.68. The first-order valence-corrected chi connectivity index (χ1v) is 13.6. The van der Waals surface area contributed by atoms with Crippen LogP contribution in [0.1, 0.15) is 59.8 Å². The number of benzene rings is 3. The number of carbonyl (C=O) groups is 3. The third-order valence-corrected chi connectivity index (χ3v) is 6.68. The summed E-state index contributed by atoms with van der Waals surface area (Å²) in [6.07, 6.45) is 0.342. The minimum absolute atomic E-state index is 0.176. The van der Waals surface area contributed by atoms with Crippen molar-refractivity contribution in [1.29, 1.82) is 0 Å². The second-order valence-electron chi connectivity index (χ2n) is 11.1. The molecule has 9 heteroatoms. The monoisotopic (exact) mass is 559 g/mol. The van der Waals surface area contributed by atoms with Crippen LogP contribution in [0.3, 0.4) is 0 Å². The fraction of sp³-hybridized carbons (Fsp3) is 0.344. The third kappa shape index (κ3) is 8.08. The highest BCUT2D eigenvalue weighted by atomic mass is 16.6. The normalized spacial score (nSPS) is 15.0. The van der Waals surface area contributed by atoms with Crippen LogP contribution in [-0.4, -0.2) is 46.0 Å². The molecule has 0 saturated carbocycles. The van der Waals surface area contributed by atoms with Crippen molar-refractivity contribution in [3.63, 3.8) is 0 Å². The second kappa shape index (κ2) is 12.9. The molecule has 1 atom stereocenters. The van der Waals surface area contributed by atoms with E-state index in [2.05, 4.69) is 5.32 Å². The van der Waals surface area contributed by atoms with Crippen LogP contribution < -0.4 is 15.8 Å². The molecule has 4 rings (SSSR count). The van der Waals surface area contributed by atoms with Gasteiger partial charge in [0.1, 0.15) is 24.0 Å². The predicted octanol–water partition coefficient (Wildman–Crippen LogP) is 4.52.